The maximum Gasteiger partial charge on any atom is 0.251 e. The number of nitrogens with one attached hydrogen (secondary N) is 1. The second kappa shape index (κ2) is 7.65. The molecule has 1 fully saturated rings. The molecule has 1 aromatic carbocycles. The van der Waals surface area contributed by atoms with Gasteiger partial charge in [0, 0.05) is 25.2 Å². The smallest absolute Gasteiger partial charge is 0.251 e. The van der Waals surface area contributed by atoms with E-state index in [0.29, 0.717) is 36.6 Å². The fourth-order valence-corrected chi connectivity index (χ4v) is 4.07. The number of amides is 1. The Bertz CT molecular complexity index is 660. The highest BCUT2D eigenvalue weighted by Gasteiger charge is 2.25. The lowest BCUT2D eigenvalue weighted by Crippen LogP contribution is -2.42. The minimum Gasteiger partial charge on any atom is -0.493 e. The van der Waals surface area contributed by atoms with E-state index in [4.69, 9.17) is 9.47 Å². The minimum absolute atomic E-state index is 0.191. The molecule has 2 rings (SSSR count). The van der Waals surface area contributed by atoms with Gasteiger partial charge in [-0.2, -0.15) is 0 Å². The highest BCUT2D eigenvalue weighted by atomic mass is 32.2. The summed E-state index contributed by atoms with van der Waals surface area (Å²) in [6.07, 6.45) is 1.57. The van der Waals surface area contributed by atoms with E-state index in [1.165, 1.54) is 18.5 Å². The molecule has 1 saturated heterocycles. The molecule has 0 saturated carbocycles. The van der Waals surface area contributed by atoms with E-state index < -0.39 is 10.0 Å². The van der Waals surface area contributed by atoms with Crippen LogP contribution >= 0.6 is 0 Å². The van der Waals surface area contributed by atoms with E-state index in [1.54, 1.807) is 18.2 Å². The number of sulfonamides is 1. The monoisotopic (exact) mass is 342 g/mol. The third-order valence-corrected chi connectivity index (χ3v) is 5.70. The molecule has 1 amide bonds. The summed E-state index contributed by atoms with van der Waals surface area (Å²) in [6.45, 7) is 1.09. The van der Waals surface area contributed by atoms with Crippen LogP contribution in [0, 0.1) is 0 Å². The lowest BCUT2D eigenvalue weighted by molar-refractivity contribution is 0.0951. The number of hydrogen-bond donors (Lipinski definition) is 1. The number of methoxy groups -OCH3 is 2. The predicted molar refractivity (Wildman–Crippen MR) is 86.5 cm³/mol. The van der Waals surface area contributed by atoms with E-state index in [9.17, 15) is 13.2 Å². The van der Waals surface area contributed by atoms with Crippen LogP contribution in [-0.2, 0) is 10.0 Å². The summed E-state index contributed by atoms with van der Waals surface area (Å²) >= 11 is 0. The lowest BCUT2D eigenvalue weighted by Gasteiger charge is -2.26. The quantitative estimate of drug-likeness (QED) is 0.829. The Kier molecular flexibility index (Phi) is 5.84. The molecule has 0 unspecified atom stereocenters. The van der Waals surface area contributed by atoms with Crippen molar-refractivity contribution in [1.82, 2.24) is 9.62 Å². The third kappa shape index (κ3) is 4.35. The average molecular weight is 342 g/mol. The van der Waals surface area contributed by atoms with Gasteiger partial charge in [0.25, 0.3) is 5.91 Å². The number of carbonyl (C=O) groups excluding carboxylic acids is 1. The first kappa shape index (κ1) is 17.6. The summed E-state index contributed by atoms with van der Waals surface area (Å²) in [7, 11) is -0.135. The Morgan fingerprint density at radius 1 is 1.22 bits per heavy atom. The van der Waals surface area contributed by atoms with Gasteiger partial charge in [0.1, 0.15) is 0 Å². The van der Waals surface area contributed by atoms with Gasteiger partial charge in [-0.3, -0.25) is 4.79 Å². The number of ether oxygens (including phenoxy) is 2. The van der Waals surface area contributed by atoms with Gasteiger partial charge in [-0.05, 0) is 31.0 Å². The lowest BCUT2D eigenvalue weighted by atomic mass is 10.2. The van der Waals surface area contributed by atoms with Crippen LogP contribution in [0.25, 0.3) is 0 Å². The fraction of sp³-hybridized carbons (Fsp3) is 0.533. The standard InChI is InChI=1S/C15H22N2O5S/c1-21-13-6-5-12(11-14(13)22-2)15(18)16-7-9-17-8-3-4-10-23(17,19)20/h5-6,11H,3-4,7-10H2,1-2H3,(H,16,18). The normalized spacial score (nSPS) is 17.5. The van der Waals surface area contributed by atoms with Crippen LogP contribution < -0.4 is 14.8 Å². The van der Waals surface area contributed by atoms with E-state index in [0.717, 1.165) is 6.42 Å². The first-order valence-electron chi connectivity index (χ1n) is 7.46. The van der Waals surface area contributed by atoms with Crippen LogP contribution in [0.4, 0.5) is 0 Å². The van der Waals surface area contributed by atoms with E-state index in [-0.39, 0.29) is 18.2 Å². The molecular formula is C15H22N2O5S. The van der Waals surface area contributed by atoms with Crippen molar-refractivity contribution in [3.8, 4) is 11.5 Å². The number of nitrogens with zero attached hydrogens (tertiary/aromatic N) is 1. The van der Waals surface area contributed by atoms with Crippen molar-refractivity contribution in [2.75, 3.05) is 39.6 Å². The topological polar surface area (TPSA) is 84.9 Å². The summed E-state index contributed by atoms with van der Waals surface area (Å²) in [5, 5.41) is 2.73. The molecule has 8 heteroatoms. The van der Waals surface area contributed by atoms with Gasteiger partial charge in [-0.25, -0.2) is 12.7 Å². The van der Waals surface area contributed by atoms with Gasteiger partial charge in [0.05, 0.1) is 20.0 Å². The molecule has 23 heavy (non-hydrogen) atoms. The first-order chi connectivity index (χ1) is 11.0. The third-order valence-electron chi connectivity index (χ3n) is 3.75. The van der Waals surface area contributed by atoms with Gasteiger partial charge in [0.2, 0.25) is 10.0 Å². The second-order valence-corrected chi connectivity index (χ2v) is 7.34. The SMILES string of the molecule is COc1ccc(C(=O)NCCN2CCCCS2(=O)=O)cc1OC. The molecule has 0 bridgehead atoms. The minimum atomic E-state index is -3.16. The summed E-state index contributed by atoms with van der Waals surface area (Å²) in [5.41, 5.74) is 0.434. The fourth-order valence-electron chi connectivity index (χ4n) is 2.47. The Morgan fingerprint density at radius 3 is 2.61 bits per heavy atom. The molecule has 1 aromatic rings. The van der Waals surface area contributed by atoms with Crippen LogP contribution in [0.2, 0.25) is 0 Å². The zero-order valence-corrected chi connectivity index (χ0v) is 14.2. The van der Waals surface area contributed by atoms with E-state index in [2.05, 4.69) is 5.32 Å². The largest absolute Gasteiger partial charge is 0.493 e. The van der Waals surface area contributed by atoms with Crippen LogP contribution in [0.1, 0.15) is 23.2 Å². The molecular weight excluding hydrogens is 320 g/mol. The van der Waals surface area contributed by atoms with Crippen LogP contribution in [-0.4, -0.2) is 58.2 Å². The van der Waals surface area contributed by atoms with Gasteiger partial charge >= 0.3 is 0 Å². The number of benzene rings is 1. The molecule has 1 aliphatic heterocycles. The Labute approximate surface area is 136 Å². The van der Waals surface area contributed by atoms with Gasteiger partial charge < -0.3 is 14.8 Å². The molecule has 1 N–H and O–H groups in total. The molecule has 1 heterocycles. The van der Waals surface area contributed by atoms with Gasteiger partial charge in [-0.1, -0.05) is 0 Å². The van der Waals surface area contributed by atoms with Gasteiger partial charge in [0.15, 0.2) is 11.5 Å². The number of carbonyl (C=O) groups is 1. The van der Waals surface area contributed by atoms with Crippen LogP contribution in [0.3, 0.4) is 0 Å². The molecule has 0 aliphatic carbocycles. The molecule has 1 aliphatic rings. The zero-order valence-electron chi connectivity index (χ0n) is 13.4. The van der Waals surface area contributed by atoms with Crippen molar-refractivity contribution in [3.05, 3.63) is 23.8 Å². The van der Waals surface area contributed by atoms with Crippen molar-refractivity contribution in [3.63, 3.8) is 0 Å². The molecule has 0 aromatic heterocycles. The van der Waals surface area contributed by atoms with Crippen LogP contribution in [0.15, 0.2) is 18.2 Å². The molecule has 0 atom stereocenters. The van der Waals surface area contributed by atoms with Crippen LogP contribution in [0.5, 0.6) is 11.5 Å². The van der Waals surface area contributed by atoms with Crippen molar-refractivity contribution < 1.29 is 22.7 Å². The van der Waals surface area contributed by atoms with Gasteiger partial charge in [-0.15, -0.1) is 0 Å². The summed E-state index contributed by atoms with van der Waals surface area (Å²) in [5.74, 6) is 0.930. The zero-order chi connectivity index (χ0) is 16.9. The maximum absolute atomic E-state index is 12.1. The molecule has 0 radical (unpaired) electrons. The van der Waals surface area contributed by atoms with Crippen molar-refractivity contribution in [1.29, 1.82) is 0 Å². The second-order valence-electron chi connectivity index (χ2n) is 5.25. The Balaban J connectivity index is 1.92. The summed E-state index contributed by atoms with van der Waals surface area (Å²) < 4.78 is 35.5. The van der Waals surface area contributed by atoms with Crippen molar-refractivity contribution in [2.45, 2.75) is 12.8 Å². The van der Waals surface area contributed by atoms with E-state index >= 15 is 0 Å². The summed E-state index contributed by atoms with van der Waals surface area (Å²) in [6, 6.07) is 4.88. The van der Waals surface area contributed by atoms with Crippen molar-refractivity contribution in [2.24, 2.45) is 0 Å². The molecule has 128 valence electrons. The molecule has 0 spiro atoms. The first-order valence-corrected chi connectivity index (χ1v) is 9.07. The highest BCUT2D eigenvalue weighted by Crippen LogP contribution is 2.27. The highest BCUT2D eigenvalue weighted by molar-refractivity contribution is 7.89. The average Bonchev–Trinajstić information content (AvgIpc) is 2.55. The predicted octanol–water partition coefficient (Wildman–Crippen LogP) is 0.859. The number of hydrogen-bond acceptors (Lipinski definition) is 5. The maximum atomic E-state index is 12.1. The Morgan fingerprint density at radius 2 is 1.96 bits per heavy atom. The summed E-state index contributed by atoms with van der Waals surface area (Å²) in [4.78, 5) is 12.1. The molecule has 7 nitrogen and oxygen atoms in total. The van der Waals surface area contributed by atoms with Crippen molar-refractivity contribution >= 4 is 15.9 Å². The van der Waals surface area contributed by atoms with E-state index in [1.807, 2.05) is 0 Å². The Hall–Kier alpha value is -1.80. The number of rotatable bonds is 6.